The van der Waals surface area contributed by atoms with Gasteiger partial charge in [0, 0.05) is 30.3 Å². The second kappa shape index (κ2) is 9.94. The Balaban J connectivity index is 2.09. The van der Waals surface area contributed by atoms with Crippen LogP contribution in [0.25, 0.3) is 11.1 Å². The number of nitrogens with zero attached hydrogens (tertiary/aromatic N) is 1. The summed E-state index contributed by atoms with van der Waals surface area (Å²) in [6.07, 6.45) is 0.762. The number of pyridine rings is 1. The van der Waals surface area contributed by atoms with E-state index in [1.807, 2.05) is 0 Å². The SMILES string of the molecule is CC(C)(C)OC(=O)NCC(c1cc(F)cc(F)c1)c1ncccc1-c1ccc(F)c(C(N)=O)c1. The second-order valence-corrected chi connectivity index (χ2v) is 8.63. The van der Waals surface area contributed by atoms with Gasteiger partial charge in [-0.2, -0.15) is 0 Å². The summed E-state index contributed by atoms with van der Waals surface area (Å²) >= 11 is 0. The first-order valence-electron chi connectivity index (χ1n) is 10.4. The van der Waals surface area contributed by atoms with Gasteiger partial charge in [0.2, 0.25) is 0 Å². The number of hydrogen-bond donors (Lipinski definition) is 2. The summed E-state index contributed by atoms with van der Waals surface area (Å²) in [5.41, 5.74) is 5.64. The lowest BCUT2D eigenvalue weighted by Crippen LogP contribution is -2.35. The molecule has 2 aromatic carbocycles. The number of alkyl carbamates (subject to hydrolysis) is 1. The number of hydrogen-bond acceptors (Lipinski definition) is 4. The quantitative estimate of drug-likeness (QED) is 0.534. The van der Waals surface area contributed by atoms with Crippen molar-refractivity contribution in [3.05, 3.63) is 89.0 Å². The summed E-state index contributed by atoms with van der Waals surface area (Å²) in [6, 6.07) is 10.1. The number of nitrogens with one attached hydrogen (secondary N) is 1. The van der Waals surface area contributed by atoms with Crippen molar-refractivity contribution in [2.45, 2.75) is 32.3 Å². The number of carbonyl (C=O) groups is 2. The fraction of sp³-hybridized carbons (Fsp3) is 0.240. The van der Waals surface area contributed by atoms with E-state index in [9.17, 15) is 22.8 Å². The molecule has 6 nitrogen and oxygen atoms in total. The van der Waals surface area contributed by atoms with Crippen LogP contribution in [-0.2, 0) is 4.74 Å². The molecule has 0 aliphatic heterocycles. The van der Waals surface area contributed by atoms with Gasteiger partial charge in [-0.1, -0.05) is 12.1 Å². The number of nitrogens with two attached hydrogens (primary N) is 1. The molecule has 0 bridgehead atoms. The van der Waals surface area contributed by atoms with Crippen LogP contribution in [0, 0.1) is 17.5 Å². The molecule has 9 heteroatoms. The van der Waals surface area contributed by atoms with Crippen molar-refractivity contribution >= 4 is 12.0 Å². The van der Waals surface area contributed by atoms with Crippen LogP contribution in [0.4, 0.5) is 18.0 Å². The van der Waals surface area contributed by atoms with Crippen molar-refractivity contribution in [3.8, 4) is 11.1 Å². The normalized spacial score (nSPS) is 12.2. The Morgan fingerprint density at radius 2 is 1.74 bits per heavy atom. The highest BCUT2D eigenvalue weighted by Gasteiger charge is 2.24. The molecule has 2 amide bonds. The van der Waals surface area contributed by atoms with Crippen LogP contribution in [0.3, 0.4) is 0 Å². The molecule has 0 fully saturated rings. The molecule has 0 radical (unpaired) electrons. The van der Waals surface area contributed by atoms with Gasteiger partial charge in [-0.3, -0.25) is 9.78 Å². The molecule has 0 saturated carbocycles. The zero-order valence-corrected chi connectivity index (χ0v) is 18.9. The maximum absolute atomic E-state index is 14.1. The first-order valence-corrected chi connectivity index (χ1v) is 10.4. The van der Waals surface area contributed by atoms with Gasteiger partial charge >= 0.3 is 6.09 Å². The summed E-state index contributed by atoms with van der Waals surface area (Å²) in [4.78, 5) is 28.3. The van der Waals surface area contributed by atoms with Crippen LogP contribution in [0.2, 0.25) is 0 Å². The fourth-order valence-electron chi connectivity index (χ4n) is 3.47. The number of primary amides is 1. The highest BCUT2D eigenvalue weighted by Crippen LogP contribution is 2.33. The third-order valence-corrected chi connectivity index (χ3v) is 4.85. The van der Waals surface area contributed by atoms with E-state index in [0.29, 0.717) is 16.8 Å². The summed E-state index contributed by atoms with van der Waals surface area (Å²) < 4.78 is 47.4. The van der Waals surface area contributed by atoms with Gasteiger partial charge in [0.05, 0.1) is 11.3 Å². The van der Waals surface area contributed by atoms with E-state index in [1.54, 1.807) is 32.9 Å². The van der Waals surface area contributed by atoms with Crippen molar-refractivity contribution in [2.24, 2.45) is 5.73 Å². The topological polar surface area (TPSA) is 94.3 Å². The monoisotopic (exact) mass is 471 g/mol. The van der Waals surface area contributed by atoms with Crippen LogP contribution < -0.4 is 11.1 Å². The van der Waals surface area contributed by atoms with Gasteiger partial charge in [0.25, 0.3) is 5.91 Å². The molecule has 1 unspecified atom stereocenters. The highest BCUT2D eigenvalue weighted by molar-refractivity contribution is 5.94. The smallest absolute Gasteiger partial charge is 0.407 e. The first kappa shape index (κ1) is 24.8. The summed E-state index contributed by atoms with van der Waals surface area (Å²) in [7, 11) is 0. The van der Waals surface area contributed by atoms with E-state index in [2.05, 4.69) is 10.3 Å². The third-order valence-electron chi connectivity index (χ3n) is 4.85. The predicted octanol–water partition coefficient (Wildman–Crippen LogP) is 4.92. The molecule has 34 heavy (non-hydrogen) atoms. The number of benzene rings is 2. The molecule has 1 aromatic heterocycles. The summed E-state index contributed by atoms with van der Waals surface area (Å²) in [6.45, 7) is 5.00. The third kappa shape index (κ3) is 6.12. The van der Waals surface area contributed by atoms with Crippen LogP contribution >= 0.6 is 0 Å². The molecular weight excluding hydrogens is 447 g/mol. The number of rotatable bonds is 6. The van der Waals surface area contributed by atoms with E-state index in [1.165, 1.54) is 18.3 Å². The Morgan fingerprint density at radius 1 is 1.06 bits per heavy atom. The van der Waals surface area contributed by atoms with Gasteiger partial charge in [0.15, 0.2) is 0 Å². The number of amides is 2. The lowest BCUT2D eigenvalue weighted by molar-refractivity contribution is 0.0526. The Morgan fingerprint density at radius 3 is 2.35 bits per heavy atom. The number of aromatic nitrogens is 1. The van der Waals surface area contributed by atoms with Gasteiger partial charge in [0.1, 0.15) is 23.1 Å². The van der Waals surface area contributed by atoms with Crippen molar-refractivity contribution in [2.75, 3.05) is 6.54 Å². The molecule has 0 spiro atoms. The highest BCUT2D eigenvalue weighted by atomic mass is 19.1. The van der Waals surface area contributed by atoms with E-state index in [0.717, 1.165) is 24.3 Å². The minimum absolute atomic E-state index is 0.105. The largest absolute Gasteiger partial charge is 0.444 e. The zero-order chi connectivity index (χ0) is 25.0. The molecule has 0 aliphatic carbocycles. The van der Waals surface area contributed by atoms with Crippen LogP contribution in [0.1, 0.15) is 48.3 Å². The number of carbonyl (C=O) groups excluding carboxylic acids is 2. The molecule has 3 rings (SSSR count). The van der Waals surface area contributed by atoms with Crippen molar-refractivity contribution < 1.29 is 27.5 Å². The molecule has 0 aliphatic rings. The molecule has 3 aromatic rings. The Bertz CT molecular complexity index is 1210. The zero-order valence-electron chi connectivity index (χ0n) is 18.9. The Kier molecular flexibility index (Phi) is 7.24. The lowest BCUT2D eigenvalue weighted by Gasteiger charge is -2.23. The Labute approximate surface area is 195 Å². The van der Waals surface area contributed by atoms with Gasteiger partial charge in [-0.25, -0.2) is 18.0 Å². The molecule has 3 N–H and O–H groups in total. The van der Waals surface area contributed by atoms with E-state index < -0.39 is 41.0 Å². The minimum Gasteiger partial charge on any atom is -0.444 e. The molecule has 178 valence electrons. The van der Waals surface area contributed by atoms with Crippen molar-refractivity contribution in [3.63, 3.8) is 0 Å². The first-order chi connectivity index (χ1) is 15.9. The average molecular weight is 471 g/mol. The van der Waals surface area contributed by atoms with Gasteiger partial charge in [-0.15, -0.1) is 0 Å². The van der Waals surface area contributed by atoms with E-state index >= 15 is 0 Å². The Hall–Kier alpha value is -3.88. The molecule has 1 atom stereocenters. The average Bonchev–Trinajstić information content (AvgIpc) is 2.72. The van der Waals surface area contributed by atoms with Gasteiger partial charge < -0.3 is 15.8 Å². The number of ether oxygens (including phenoxy) is 1. The molecule has 0 saturated heterocycles. The number of halogens is 3. The fourth-order valence-corrected chi connectivity index (χ4v) is 3.47. The maximum atomic E-state index is 14.1. The maximum Gasteiger partial charge on any atom is 0.407 e. The second-order valence-electron chi connectivity index (χ2n) is 8.63. The van der Waals surface area contributed by atoms with Crippen molar-refractivity contribution in [1.29, 1.82) is 0 Å². The summed E-state index contributed by atoms with van der Waals surface area (Å²) in [5, 5.41) is 2.61. The van der Waals surface area contributed by atoms with Crippen LogP contribution in [0.15, 0.2) is 54.7 Å². The van der Waals surface area contributed by atoms with Crippen LogP contribution in [-0.4, -0.2) is 29.1 Å². The van der Waals surface area contributed by atoms with Gasteiger partial charge in [-0.05, 0) is 62.2 Å². The van der Waals surface area contributed by atoms with Crippen LogP contribution in [0.5, 0.6) is 0 Å². The summed E-state index contributed by atoms with van der Waals surface area (Å²) in [5.74, 6) is -4.13. The van der Waals surface area contributed by atoms with E-state index in [-0.39, 0.29) is 17.7 Å². The van der Waals surface area contributed by atoms with E-state index in [4.69, 9.17) is 10.5 Å². The predicted molar refractivity (Wildman–Crippen MR) is 121 cm³/mol. The molecule has 1 heterocycles. The van der Waals surface area contributed by atoms with Crippen molar-refractivity contribution in [1.82, 2.24) is 10.3 Å². The standard InChI is InChI=1S/C25H24F3N3O3/c1-25(2,3)34-24(33)31-13-20(15-9-16(26)12-17(27)10-15)22-18(5-4-8-30-22)14-6-7-21(28)19(11-14)23(29)32/h4-12,20H,13H2,1-3H3,(H2,29,32)(H,31,33). The lowest BCUT2D eigenvalue weighted by atomic mass is 9.89. The minimum atomic E-state index is -0.944. The molecular formula is C25H24F3N3O3.